The summed E-state index contributed by atoms with van der Waals surface area (Å²) in [6, 6.07) is 7.97. The number of hydrogen-bond donors (Lipinski definition) is 0. The Bertz CT molecular complexity index is 729. The molecule has 1 aliphatic rings. The number of ether oxygens (including phenoxy) is 2. The predicted octanol–water partition coefficient (Wildman–Crippen LogP) is 3.91. The van der Waals surface area contributed by atoms with Crippen molar-refractivity contribution in [2.24, 2.45) is 0 Å². The summed E-state index contributed by atoms with van der Waals surface area (Å²) >= 11 is 0. The Morgan fingerprint density at radius 3 is 2.27 bits per heavy atom. The van der Waals surface area contributed by atoms with Crippen molar-refractivity contribution < 1.29 is 19.1 Å². The van der Waals surface area contributed by atoms with Gasteiger partial charge in [0.25, 0.3) is 0 Å². The molecular weight excluding hydrogens is 330 g/mol. The molecule has 0 bridgehead atoms. The number of aryl methyl sites for hydroxylation is 1. The highest BCUT2D eigenvalue weighted by Gasteiger charge is 2.27. The highest BCUT2D eigenvalue weighted by atomic mass is 16.5. The normalized spacial score (nSPS) is 13.6. The highest BCUT2D eigenvalue weighted by molar-refractivity contribution is 6.05. The molecule has 0 spiro atoms. The van der Waals surface area contributed by atoms with Crippen LogP contribution >= 0.6 is 0 Å². The van der Waals surface area contributed by atoms with Gasteiger partial charge in [-0.1, -0.05) is 38.0 Å². The first-order chi connectivity index (χ1) is 12.6. The van der Waals surface area contributed by atoms with Gasteiger partial charge in [0.15, 0.2) is 0 Å². The lowest BCUT2D eigenvalue weighted by Gasteiger charge is -2.23. The second-order valence-electron chi connectivity index (χ2n) is 5.94. The molecule has 0 unspecified atom stereocenters. The van der Waals surface area contributed by atoms with Gasteiger partial charge < -0.3 is 14.4 Å². The summed E-state index contributed by atoms with van der Waals surface area (Å²) in [6.45, 7) is 2.18. The lowest BCUT2D eigenvalue weighted by molar-refractivity contribution is -0.139. The Hall–Kier alpha value is -2.82. The number of allylic oxidation sites excluding steroid dienone is 2. The number of methoxy groups -OCH3 is 2. The van der Waals surface area contributed by atoms with Crippen LogP contribution in [0.15, 0.2) is 60.0 Å². The molecule has 1 heterocycles. The number of carbonyl (C=O) groups excluding carboxylic acids is 2. The van der Waals surface area contributed by atoms with Crippen LogP contribution in [0.2, 0.25) is 0 Å². The quantitative estimate of drug-likeness (QED) is 0.548. The van der Waals surface area contributed by atoms with Crippen molar-refractivity contribution in [3.63, 3.8) is 0 Å². The van der Waals surface area contributed by atoms with E-state index in [1.54, 1.807) is 29.3 Å². The van der Waals surface area contributed by atoms with Crippen molar-refractivity contribution in [3.8, 4) is 0 Å². The van der Waals surface area contributed by atoms with Crippen molar-refractivity contribution in [3.05, 3.63) is 65.5 Å². The van der Waals surface area contributed by atoms with Gasteiger partial charge in [-0.2, -0.15) is 0 Å². The summed E-state index contributed by atoms with van der Waals surface area (Å²) in [5.74, 6) is -1.19. The number of carbonyl (C=O) groups is 2. The minimum Gasteiger partial charge on any atom is -0.465 e. The summed E-state index contributed by atoms with van der Waals surface area (Å²) in [7, 11) is 2.57. The maximum Gasteiger partial charge on any atom is 0.355 e. The second kappa shape index (κ2) is 9.61. The fourth-order valence-corrected chi connectivity index (χ4v) is 2.77. The number of esters is 2. The van der Waals surface area contributed by atoms with Crippen LogP contribution in [-0.2, 0) is 25.5 Å². The van der Waals surface area contributed by atoms with E-state index in [1.807, 2.05) is 24.3 Å². The van der Waals surface area contributed by atoms with E-state index in [-0.39, 0.29) is 11.3 Å². The molecule has 0 fully saturated rings. The van der Waals surface area contributed by atoms with E-state index in [0.717, 1.165) is 18.5 Å². The second-order valence-corrected chi connectivity index (χ2v) is 5.94. The number of unbranched alkanes of at least 4 members (excludes halogenated alkanes) is 2. The number of benzene rings is 1. The highest BCUT2D eigenvalue weighted by Crippen LogP contribution is 2.26. The summed E-state index contributed by atoms with van der Waals surface area (Å²) in [5, 5.41) is 0. The van der Waals surface area contributed by atoms with E-state index in [2.05, 4.69) is 6.92 Å². The lowest BCUT2D eigenvalue weighted by Crippen LogP contribution is -2.26. The Morgan fingerprint density at radius 1 is 0.962 bits per heavy atom. The zero-order chi connectivity index (χ0) is 18.9. The van der Waals surface area contributed by atoms with Crippen LogP contribution in [0.3, 0.4) is 0 Å². The van der Waals surface area contributed by atoms with Crippen molar-refractivity contribution in [1.29, 1.82) is 0 Å². The molecule has 0 aliphatic carbocycles. The molecular formula is C21H25NO4. The molecule has 1 aromatic rings. The third kappa shape index (κ3) is 4.63. The predicted molar refractivity (Wildman–Crippen MR) is 101 cm³/mol. The summed E-state index contributed by atoms with van der Waals surface area (Å²) in [4.78, 5) is 26.2. The van der Waals surface area contributed by atoms with E-state index in [4.69, 9.17) is 9.47 Å². The fraction of sp³-hybridized carbons (Fsp3) is 0.333. The van der Waals surface area contributed by atoms with Crippen molar-refractivity contribution in [1.82, 2.24) is 0 Å². The van der Waals surface area contributed by atoms with Crippen molar-refractivity contribution in [2.45, 2.75) is 32.6 Å². The fourth-order valence-electron chi connectivity index (χ4n) is 2.77. The summed E-state index contributed by atoms with van der Waals surface area (Å²) < 4.78 is 9.72. The average Bonchev–Trinajstić information content (AvgIpc) is 2.90. The van der Waals surface area contributed by atoms with Crippen LogP contribution in [0.1, 0.15) is 31.7 Å². The molecule has 0 saturated carbocycles. The molecule has 5 heteroatoms. The van der Waals surface area contributed by atoms with Gasteiger partial charge in [-0.15, -0.1) is 0 Å². The van der Waals surface area contributed by atoms with Gasteiger partial charge in [-0.3, -0.25) is 0 Å². The Labute approximate surface area is 154 Å². The van der Waals surface area contributed by atoms with E-state index < -0.39 is 11.9 Å². The van der Waals surface area contributed by atoms with Crippen LogP contribution in [0.25, 0.3) is 0 Å². The molecule has 0 N–H and O–H groups in total. The van der Waals surface area contributed by atoms with Crippen LogP contribution in [0.4, 0.5) is 5.69 Å². The molecule has 0 saturated heterocycles. The minimum absolute atomic E-state index is 0.128. The Morgan fingerprint density at radius 2 is 1.65 bits per heavy atom. The molecule has 26 heavy (non-hydrogen) atoms. The third-order valence-electron chi connectivity index (χ3n) is 4.17. The zero-order valence-electron chi connectivity index (χ0n) is 15.5. The molecule has 2 rings (SSSR count). The van der Waals surface area contributed by atoms with Crippen LogP contribution < -0.4 is 4.90 Å². The maximum atomic E-state index is 12.4. The minimum atomic E-state index is -0.603. The van der Waals surface area contributed by atoms with Crippen molar-refractivity contribution >= 4 is 17.6 Å². The molecule has 5 nitrogen and oxygen atoms in total. The van der Waals surface area contributed by atoms with Gasteiger partial charge in [0, 0.05) is 11.9 Å². The molecule has 0 amide bonds. The maximum absolute atomic E-state index is 12.4. The Kier molecular flexibility index (Phi) is 7.21. The monoisotopic (exact) mass is 355 g/mol. The molecule has 138 valence electrons. The molecule has 1 aliphatic heterocycles. The number of anilines is 1. The van der Waals surface area contributed by atoms with Crippen molar-refractivity contribution in [2.75, 3.05) is 19.1 Å². The molecule has 0 radical (unpaired) electrons. The Balaban J connectivity index is 2.38. The number of hydrogen-bond acceptors (Lipinski definition) is 5. The van der Waals surface area contributed by atoms with Gasteiger partial charge in [0.1, 0.15) is 5.70 Å². The zero-order valence-corrected chi connectivity index (χ0v) is 15.5. The smallest absolute Gasteiger partial charge is 0.355 e. The van der Waals surface area contributed by atoms with Gasteiger partial charge in [0.2, 0.25) is 0 Å². The van der Waals surface area contributed by atoms with Crippen LogP contribution in [0, 0.1) is 0 Å². The largest absolute Gasteiger partial charge is 0.465 e. The average molecular weight is 355 g/mol. The number of rotatable bonds is 7. The summed E-state index contributed by atoms with van der Waals surface area (Å²) in [5.41, 5.74) is 2.29. The first kappa shape index (κ1) is 19.5. The number of nitrogens with zero attached hydrogens (tertiary/aromatic N) is 1. The molecule has 0 atom stereocenters. The van der Waals surface area contributed by atoms with Crippen LogP contribution in [-0.4, -0.2) is 26.2 Å². The molecule has 1 aromatic carbocycles. The first-order valence-corrected chi connectivity index (χ1v) is 8.76. The van der Waals surface area contributed by atoms with E-state index in [9.17, 15) is 9.59 Å². The van der Waals surface area contributed by atoms with Gasteiger partial charge in [0.05, 0.1) is 19.8 Å². The van der Waals surface area contributed by atoms with Crippen LogP contribution in [0.5, 0.6) is 0 Å². The van der Waals surface area contributed by atoms with Gasteiger partial charge >= 0.3 is 11.9 Å². The first-order valence-electron chi connectivity index (χ1n) is 8.76. The third-order valence-corrected chi connectivity index (χ3v) is 4.17. The SMILES string of the molecule is CCCCCc1ccc(N2C=CC=CC(C(=O)OC)=C2C(=O)OC)cc1. The molecule has 0 aromatic heterocycles. The van der Waals surface area contributed by atoms with Gasteiger partial charge in [-0.25, -0.2) is 9.59 Å². The van der Waals surface area contributed by atoms with Gasteiger partial charge in [-0.05, 0) is 42.7 Å². The van der Waals surface area contributed by atoms with E-state index in [1.165, 1.54) is 32.6 Å². The lowest BCUT2D eigenvalue weighted by atomic mass is 10.1. The topological polar surface area (TPSA) is 55.8 Å². The van der Waals surface area contributed by atoms with E-state index in [0.29, 0.717) is 0 Å². The van der Waals surface area contributed by atoms with E-state index >= 15 is 0 Å². The summed E-state index contributed by atoms with van der Waals surface area (Å²) in [6.07, 6.45) is 11.3. The standard InChI is InChI=1S/C21H25NO4/c1-4-5-6-9-16-11-13-17(14-12-16)22-15-8-7-10-18(20(23)25-2)19(22)21(24)26-3/h7-8,10-15H,4-6,9H2,1-3H3.